The SMILES string of the molecule is COCC(N)C(=O)N1C[C@@H](O)[C@@H](O)C1. The van der Waals surface area contributed by atoms with Crippen molar-refractivity contribution in [3.63, 3.8) is 0 Å². The Kier molecular flexibility index (Phi) is 3.82. The summed E-state index contributed by atoms with van der Waals surface area (Å²) in [5.41, 5.74) is 5.52. The number of likely N-dealkylation sites (tertiary alicyclic amines) is 1. The Morgan fingerprint density at radius 2 is 2.07 bits per heavy atom. The van der Waals surface area contributed by atoms with E-state index in [1.807, 2.05) is 0 Å². The van der Waals surface area contributed by atoms with Gasteiger partial charge in [0.05, 0.1) is 18.8 Å². The number of carbonyl (C=O) groups excluding carboxylic acids is 1. The van der Waals surface area contributed by atoms with Gasteiger partial charge in [0, 0.05) is 20.2 Å². The zero-order valence-corrected chi connectivity index (χ0v) is 8.09. The van der Waals surface area contributed by atoms with Crippen molar-refractivity contribution in [1.82, 2.24) is 4.90 Å². The van der Waals surface area contributed by atoms with Gasteiger partial charge in [-0.25, -0.2) is 0 Å². The van der Waals surface area contributed by atoms with E-state index in [0.717, 1.165) is 0 Å². The van der Waals surface area contributed by atoms with E-state index in [1.54, 1.807) is 0 Å². The summed E-state index contributed by atoms with van der Waals surface area (Å²) in [6, 6.07) is -0.725. The van der Waals surface area contributed by atoms with E-state index in [-0.39, 0.29) is 25.6 Å². The van der Waals surface area contributed by atoms with Gasteiger partial charge in [0.25, 0.3) is 0 Å². The molecular weight excluding hydrogens is 188 g/mol. The average molecular weight is 204 g/mol. The molecule has 1 heterocycles. The molecule has 1 rings (SSSR count). The first kappa shape index (κ1) is 11.4. The third-order valence-electron chi connectivity index (χ3n) is 2.23. The molecule has 0 aromatic carbocycles. The van der Waals surface area contributed by atoms with Crippen LogP contribution < -0.4 is 5.73 Å². The maximum absolute atomic E-state index is 11.5. The second-order valence-electron chi connectivity index (χ2n) is 3.44. The number of amides is 1. The molecule has 0 spiro atoms. The van der Waals surface area contributed by atoms with E-state index < -0.39 is 18.2 Å². The number of nitrogens with two attached hydrogens (primary N) is 1. The zero-order valence-electron chi connectivity index (χ0n) is 8.09. The van der Waals surface area contributed by atoms with Crippen LogP contribution in [0.1, 0.15) is 0 Å². The summed E-state index contributed by atoms with van der Waals surface area (Å²) >= 11 is 0. The highest BCUT2D eigenvalue weighted by molar-refractivity contribution is 5.82. The summed E-state index contributed by atoms with van der Waals surface area (Å²) in [6.45, 7) is 0.413. The highest BCUT2D eigenvalue weighted by Gasteiger charge is 2.34. The molecule has 0 aromatic heterocycles. The summed E-state index contributed by atoms with van der Waals surface area (Å²) in [6.07, 6.45) is -1.73. The Morgan fingerprint density at radius 3 is 2.50 bits per heavy atom. The van der Waals surface area contributed by atoms with Crippen molar-refractivity contribution in [3.05, 3.63) is 0 Å². The molecule has 0 bridgehead atoms. The van der Waals surface area contributed by atoms with Gasteiger partial charge in [0.2, 0.25) is 5.91 Å². The van der Waals surface area contributed by atoms with Crippen LogP contribution in [0.25, 0.3) is 0 Å². The van der Waals surface area contributed by atoms with Crippen molar-refractivity contribution in [2.45, 2.75) is 18.2 Å². The van der Waals surface area contributed by atoms with E-state index in [2.05, 4.69) is 0 Å². The van der Waals surface area contributed by atoms with E-state index in [9.17, 15) is 15.0 Å². The van der Waals surface area contributed by atoms with Crippen LogP contribution in [0.2, 0.25) is 0 Å². The molecule has 1 unspecified atom stereocenters. The van der Waals surface area contributed by atoms with Gasteiger partial charge < -0.3 is 25.6 Å². The second kappa shape index (κ2) is 4.70. The van der Waals surface area contributed by atoms with Crippen molar-refractivity contribution < 1.29 is 19.7 Å². The second-order valence-corrected chi connectivity index (χ2v) is 3.44. The van der Waals surface area contributed by atoms with Crippen LogP contribution in [0.15, 0.2) is 0 Å². The van der Waals surface area contributed by atoms with Crippen LogP contribution >= 0.6 is 0 Å². The number of hydrogen-bond acceptors (Lipinski definition) is 5. The summed E-state index contributed by atoms with van der Waals surface area (Å²) in [5, 5.41) is 18.4. The molecule has 1 aliphatic rings. The minimum atomic E-state index is -0.867. The lowest BCUT2D eigenvalue weighted by atomic mass is 10.3. The molecule has 4 N–H and O–H groups in total. The highest BCUT2D eigenvalue weighted by atomic mass is 16.5. The molecule has 0 aliphatic carbocycles. The van der Waals surface area contributed by atoms with Crippen LogP contribution in [-0.2, 0) is 9.53 Å². The molecule has 82 valence electrons. The Balaban J connectivity index is 2.46. The van der Waals surface area contributed by atoms with Gasteiger partial charge in [-0.05, 0) is 0 Å². The highest BCUT2D eigenvalue weighted by Crippen LogP contribution is 2.10. The smallest absolute Gasteiger partial charge is 0.242 e. The lowest BCUT2D eigenvalue weighted by Crippen LogP contribution is -2.45. The fourth-order valence-electron chi connectivity index (χ4n) is 1.43. The van der Waals surface area contributed by atoms with Crippen molar-refractivity contribution in [2.24, 2.45) is 5.73 Å². The van der Waals surface area contributed by atoms with Gasteiger partial charge in [0.15, 0.2) is 0 Å². The first-order valence-corrected chi connectivity index (χ1v) is 4.45. The van der Waals surface area contributed by atoms with E-state index >= 15 is 0 Å². The Labute approximate surface area is 82.3 Å². The van der Waals surface area contributed by atoms with Crippen molar-refractivity contribution in [3.8, 4) is 0 Å². The van der Waals surface area contributed by atoms with Gasteiger partial charge in [-0.3, -0.25) is 4.79 Å². The lowest BCUT2D eigenvalue weighted by molar-refractivity contribution is -0.133. The number of β-amino-alcohol motifs (C(OH)–C–C–N with tert-alkyl or cyclic N) is 2. The van der Waals surface area contributed by atoms with E-state index in [4.69, 9.17) is 10.5 Å². The molecule has 6 heteroatoms. The van der Waals surface area contributed by atoms with Crippen LogP contribution in [0.3, 0.4) is 0 Å². The van der Waals surface area contributed by atoms with Crippen LogP contribution in [-0.4, -0.2) is 66.1 Å². The fourth-order valence-corrected chi connectivity index (χ4v) is 1.43. The van der Waals surface area contributed by atoms with Crippen LogP contribution in [0.4, 0.5) is 0 Å². The normalized spacial score (nSPS) is 29.3. The number of aliphatic hydroxyl groups excluding tert-OH is 2. The summed E-state index contributed by atoms with van der Waals surface area (Å²) in [7, 11) is 1.46. The summed E-state index contributed by atoms with van der Waals surface area (Å²) in [5.74, 6) is -0.303. The van der Waals surface area contributed by atoms with Gasteiger partial charge in [-0.2, -0.15) is 0 Å². The first-order chi connectivity index (χ1) is 6.56. The standard InChI is InChI=1S/C8H16N2O4/c1-14-4-5(9)8(13)10-2-6(11)7(12)3-10/h5-7,11-12H,2-4,9H2,1H3/t5?,6-,7+. The topological polar surface area (TPSA) is 96.0 Å². The zero-order chi connectivity index (χ0) is 10.7. The Morgan fingerprint density at radius 1 is 1.57 bits per heavy atom. The van der Waals surface area contributed by atoms with E-state index in [0.29, 0.717) is 0 Å². The monoisotopic (exact) mass is 204 g/mol. The number of hydrogen-bond donors (Lipinski definition) is 3. The van der Waals surface area contributed by atoms with Gasteiger partial charge in [-0.15, -0.1) is 0 Å². The van der Waals surface area contributed by atoms with Crippen molar-refractivity contribution in [2.75, 3.05) is 26.8 Å². The number of nitrogens with zero attached hydrogens (tertiary/aromatic N) is 1. The maximum atomic E-state index is 11.5. The third kappa shape index (κ3) is 2.42. The third-order valence-corrected chi connectivity index (χ3v) is 2.23. The average Bonchev–Trinajstić information content (AvgIpc) is 2.46. The lowest BCUT2D eigenvalue weighted by Gasteiger charge is -2.19. The minimum Gasteiger partial charge on any atom is -0.388 e. The largest absolute Gasteiger partial charge is 0.388 e. The van der Waals surface area contributed by atoms with Gasteiger partial charge >= 0.3 is 0 Å². The molecule has 14 heavy (non-hydrogen) atoms. The molecule has 0 radical (unpaired) electrons. The predicted octanol–water partition coefficient (Wildman–Crippen LogP) is -2.48. The first-order valence-electron chi connectivity index (χ1n) is 4.45. The van der Waals surface area contributed by atoms with E-state index in [1.165, 1.54) is 12.0 Å². The van der Waals surface area contributed by atoms with Crippen molar-refractivity contribution >= 4 is 5.91 Å². The quantitative estimate of drug-likeness (QED) is 0.473. The molecule has 6 nitrogen and oxygen atoms in total. The van der Waals surface area contributed by atoms with Gasteiger partial charge in [0.1, 0.15) is 6.04 Å². The van der Waals surface area contributed by atoms with Crippen LogP contribution in [0.5, 0.6) is 0 Å². The van der Waals surface area contributed by atoms with Crippen molar-refractivity contribution in [1.29, 1.82) is 0 Å². The summed E-state index contributed by atoms with van der Waals surface area (Å²) < 4.78 is 4.74. The molecular formula is C8H16N2O4. The summed E-state index contributed by atoms with van der Waals surface area (Å²) in [4.78, 5) is 12.9. The molecule has 1 saturated heterocycles. The molecule has 3 atom stereocenters. The fraction of sp³-hybridized carbons (Fsp3) is 0.875. The Hall–Kier alpha value is -0.690. The molecule has 0 aromatic rings. The van der Waals surface area contributed by atoms with Crippen LogP contribution in [0, 0.1) is 0 Å². The number of aliphatic hydroxyl groups is 2. The molecule has 1 fully saturated rings. The molecule has 1 aliphatic heterocycles. The molecule has 1 amide bonds. The number of carbonyl (C=O) groups is 1. The van der Waals surface area contributed by atoms with Gasteiger partial charge in [-0.1, -0.05) is 0 Å². The molecule has 0 saturated carbocycles. The predicted molar refractivity (Wildman–Crippen MR) is 48.4 cm³/mol. The Bertz CT molecular complexity index is 202. The maximum Gasteiger partial charge on any atom is 0.242 e. The number of methoxy groups -OCH3 is 1. The minimum absolute atomic E-state index is 0.136. The number of rotatable bonds is 3. The number of ether oxygens (including phenoxy) is 1.